The first-order valence-corrected chi connectivity index (χ1v) is 8.03. The maximum Gasteiger partial charge on any atom is 0.306 e. The van der Waals surface area contributed by atoms with E-state index in [0.717, 1.165) is 0 Å². The van der Waals surface area contributed by atoms with Crippen molar-refractivity contribution in [3.8, 4) is 5.75 Å². The zero-order valence-electron chi connectivity index (χ0n) is 13.4. The van der Waals surface area contributed by atoms with Gasteiger partial charge in [0.2, 0.25) is 0 Å². The van der Waals surface area contributed by atoms with Crippen LogP contribution >= 0.6 is 0 Å². The average molecular weight is 332 g/mol. The van der Waals surface area contributed by atoms with Gasteiger partial charge in [-0.1, -0.05) is 0 Å². The number of ketones is 1. The van der Waals surface area contributed by atoms with Gasteiger partial charge in [0.15, 0.2) is 12.4 Å². The first-order chi connectivity index (χ1) is 11.5. The van der Waals surface area contributed by atoms with E-state index in [1.807, 2.05) is 11.8 Å². The molecule has 1 aromatic rings. The van der Waals surface area contributed by atoms with Crippen LogP contribution in [0.1, 0.15) is 30.1 Å². The molecule has 1 saturated heterocycles. The number of Topliss-reactive ketones (excluding diaryl/α,β-unsaturated/α-hetero) is 1. The lowest BCUT2D eigenvalue weighted by molar-refractivity contribution is -0.143. The van der Waals surface area contributed by atoms with E-state index in [1.54, 1.807) is 18.2 Å². The molecule has 0 spiro atoms. The lowest BCUT2D eigenvalue weighted by Gasteiger charge is -2.34. The van der Waals surface area contributed by atoms with Gasteiger partial charge in [-0.25, -0.2) is 0 Å². The fourth-order valence-electron chi connectivity index (χ4n) is 3.18. The van der Waals surface area contributed by atoms with Crippen molar-refractivity contribution in [3.63, 3.8) is 0 Å². The highest BCUT2D eigenvalue weighted by atomic mass is 16.5. The number of hydrogen-bond acceptors (Lipinski definition) is 5. The molecule has 2 heterocycles. The van der Waals surface area contributed by atoms with Gasteiger partial charge in [-0.2, -0.15) is 0 Å². The van der Waals surface area contributed by atoms with Gasteiger partial charge in [0.25, 0.3) is 5.91 Å². The summed E-state index contributed by atoms with van der Waals surface area (Å²) in [5.41, 5.74) is 1.02. The smallest absolute Gasteiger partial charge is 0.306 e. The number of carboxylic acids is 1. The van der Waals surface area contributed by atoms with E-state index in [4.69, 9.17) is 9.84 Å². The Morgan fingerprint density at radius 3 is 2.71 bits per heavy atom. The van der Waals surface area contributed by atoms with Crippen LogP contribution in [0.2, 0.25) is 0 Å². The number of hydrogen-bond donors (Lipinski definition) is 2. The van der Waals surface area contributed by atoms with E-state index in [9.17, 15) is 14.4 Å². The molecular formula is C17H20N2O5. The maximum absolute atomic E-state index is 12.7. The second-order valence-corrected chi connectivity index (χ2v) is 6.24. The van der Waals surface area contributed by atoms with Crippen LogP contribution in [-0.2, 0) is 9.59 Å². The highest BCUT2D eigenvalue weighted by Crippen LogP contribution is 2.29. The fraction of sp³-hybridized carbons (Fsp3) is 0.471. The minimum absolute atomic E-state index is 0.0186. The van der Waals surface area contributed by atoms with Crippen molar-refractivity contribution in [1.82, 2.24) is 4.90 Å². The average Bonchev–Trinajstić information content (AvgIpc) is 2.59. The summed E-state index contributed by atoms with van der Waals surface area (Å²) in [6.45, 7) is 3.00. The monoisotopic (exact) mass is 332 g/mol. The van der Waals surface area contributed by atoms with Crippen LogP contribution in [0.5, 0.6) is 5.75 Å². The van der Waals surface area contributed by atoms with Crippen LogP contribution in [-0.4, -0.2) is 53.4 Å². The quantitative estimate of drug-likeness (QED) is 0.809. The highest BCUT2D eigenvalue weighted by Gasteiger charge is 2.30. The summed E-state index contributed by atoms with van der Waals surface area (Å²) in [7, 11) is 0. The summed E-state index contributed by atoms with van der Waals surface area (Å²) in [4.78, 5) is 37.1. The van der Waals surface area contributed by atoms with E-state index in [1.165, 1.54) is 0 Å². The second-order valence-electron chi connectivity index (χ2n) is 6.24. The Kier molecular flexibility index (Phi) is 4.53. The molecule has 2 N–H and O–H groups in total. The Bertz CT molecular complexity index is 680. The Labute approximate surface area is 139 Å². The number of carbonyl (C=O) groups is 3. The van der Waals surface area contributed by atoms with E-state index < -0.39 is 5.97 Å². The minimum Gasteiger partial charge on any atom is -0.482 e. The standard InChI is InChI=1S/C17H20N2O5/c1-10(19-6-4-11(5-7-19)17(22)23)16(21)12-2-3-14-13(8-12)18-15(20)9-24-14/h2-3,8,10-11H,4-7,9H2,1H3,(H,18,20)(H,22,23). The van der Waals surface area contributed by atoms with Crippen LogP contribution in [0, 0.1) is 5.92 Å². The van der Waals surface area contributed by atoms with E-state index in [0.29, 0.717) is 42.9 Å². The maximum atomic E-state index is 12.7. The molecule has 0 aliphatic carbocycles. The number of ether oxygens (including phenoxy) is 1. The normalized spacial score (nSPS) is 19.8. The van der Waals surface area contributed by atoms with E-state index >= 15 is 0 Å². The Balaban J connectivity index is 1.69. The van der Waals surface area contributed by atoms with Crippen LogP contribution in [0.15, 0.2) is 18.2 Å². The molecule has 7 heteroatoms. The summed E-state index contributed by atoms with van der Waals surface area (Å²) in [6.07, 6.45) is 1.11. The summed E-state index contributed by atoms with van der Waals surface area (Å²) in [5, 5.41) is 11.7. The molecular weight excluding hydrogens is 312 g/mol. The van der Waals surface area contributed by atoms with Crippen molar-refractivity contribution in [2.24, 2.45) is 5.92 Å². The molecule has 3 rings (SSSR count). The van der Waals surface area contributed by atoms with Gasteiger partial charge in [-0.05, 0) is 51.1 Å². The molecule has 0 saturated carbocycles. The van der Waals surface area contributed by atoms with Crippen molar-refractivity contribution >= 4 is 23.3 Å². The fourth-order valence-corrected chi connectivity index (χ4v) is 3.18. The summed E-state index contributed by atoms with van der Waals surface area (Å²) >= 11 is 0. The SMILES string of the molecule is CC(C(=O)c1ccc2c(c1)NC(=O)CO2)N1CCC(C(=O)O)CC1. The summed E-state index contributed by atoms with van der Waals surface area (Å²) in [5.74, 6) is -0.818. The second kappa shape index (κ2) is 6.60. The van der Waals surface area contributed by atoms with Gasteiger partial charge < -0.3 is 15.2 Å². The number of piperidine rings is 1. The predicted molar refractivity (Wildman–Crippen MR) is 86.3 cm³/mol. The van der Waals surface area contributed by atoms with Crippen molar-refractivity contribution < 1.29 is 24.2 Å². The summed E-state index contributed by atoms with van der Waals surface area (Å²) in [6, 6.07) is 4.68. The number of nitrogens with zero attached hydrogens (tertiary/aromatic N) is 1. The molecule has 24 heavy (non-hydrogen) atoms. The lowest BCUT2D eigenvalue weighted by Crippen LogP contribution is -2.45. The third-order valence-electron chi connectivity index (χ3n) is 4.70. The van der Waals surface area contributed by atoms with E-state index in [2.05, 4.69) is 5.32 Å². The van der Waals surface area contributed by atoms with Gasteiger partial charge in [-0.15, -0.1) is 0 Å². The first-order valence-electron chi connectivity index (χ1n) is 8.03. The molecule has 1 amide bonds. The molecule has 2 aliphatic heterocycles. The molecule has 1 aromatic carbocycles. The van der Waals surface area contributed by atoms with Crippen molar-refractivity contribution in [3.05, 3.63) is 23.8 Å². The molecule has 128 valence electrons. The predicted octanol–water partition coefficient (Wildman–Crippen LogP) is 1.39. The topological polar surface area (TPSA) is 95.9 Å². The van der Waals surface area contributed by atoms with Crippen molar-refractivity contribution in [2.75, 3.05) is 25.0 Å². The number of benzene rings is 1. The number of aliphatic carboxylic acids is 1. The third kappa shape index (κ3) is 3.26. The highest BCUT2D eigenvalue weighted by molar-refractivity contribution is 6.03. The zero-order valence-corrected chi connectivity index (χ0v) is 13.4. The first kappa shape index (κ1) is 16.4. The minimum atomic E-state index is -0.765. The number of rotatable bonds is 4. The molecule has 2 aliphatic rings. The number of carboxylic acid groups (broad SMARTS) is 1. The third-order valence-corrected chi connectivity index (χ3v) is 4.70. The van der Waals surface area contributed by atoms with Crippen molar-refractivity contribution in [1.29, 1.82) is 0 Å². The molecule has 1 fully saturated rings. The van der Waals surface area contributed by atoms with Crippen LogP contribution in [0.3, 0.4) is 0 Å². The zero-order chi connectivity index (χ0) is 17.3. The van der Waals surface area contributed by atoms with Gasteiger partial charge in [0.05, 0.1) is 17.6 Å². The van der Waals surface area contributed by atoms with Crippen molar-refractivity contribution in [2.45, 2.75) is 25.8 Å². The number of carbonyl (C=O) groups excluding carboxylic acids is 2. The van der Waals surface area contributed by atoms with Crippen LogP contribution in [0.25, 0.3) is 0 Å². The number of fused-ring (bicyclic) bond motifs is 1. The van der Waals surface area contributed by atoms with Gasteiger partial charge in [-0.3, -0.25) is 19.3 Å². The van der Waals surface area contributed by atoms with Gasteiger partial charge >= 0.3 is 5.97 Å². The number of anilines is 1. The molecule has 0 bridgehead atoms. The Morgan fingerprint density at radius 1 is 1.33 bits per heavy atom. The van der Waals surface area contributed by atoms with Gasteiger partial charge in [0.1, 0.15) is 5.75 Å². The largest absolute Gasteiger partial charge is 0.482 e. The molecule has 1 unspecified atom stereocenters. The number of likely N-dealkylation sites (tertiary alicyclic amines) is 1. The van der Waals surface area contributed by atoms with Gasteiger partial charge in [0, 0.05) is 5.56 Å². The molecule has 0 radical (unpaired) electrons. The molecule has 7 nitrogen and oxygen atoms in total. The Morgan fingerprint density at radius 2 is 2.04 bits per heavy atom. The van der Waals surface area contributed by atoms with Crippen LogP contribution < -0.4 is 10.1 Å². The number of amides is 1. The molecule has 0 aromatic heterocycles. The van der Waals surface area contributed by atoms with Crippen LogP contribution in [0.4, 0.5) is 5.69 Å². The lowest BCUT2D eigenvalue weighted by atomic mass is 9.94. The number of nitrogens with one attached hydrogen (secondary N) is 1. The Hall–Kier alpha value is -2.41. The summed E-state index contributed by atoms with van der Waals surface area (Å²) < 4.78 is 5.29. The van der Waals surface area contributed by atoms with E-state index in [-0.39, 0.29) is 30.3 Å². The molecule has 1 atom stereocenters.